The molecule has 5 heteroatoms. The van der Waals surface area contributed by atoms with E-state index in [4.69, 9.17) is 0 Å². The molecule has 90 valence electrons. The molecule has 3 nitrogen and oxygen atoms in total. The Morgan fingerprint density at radius 3 is 3.00 bits per heavy atom. The third-order valence-corrected chi connectivity index (χ3v) is 4.16. The number of thiazole rings is 1. The van der Waals surface area contributed by atoms with Crippen LogP contribution in [0.2, 0.25) is 0 Å². The van der Waals surface area contributed by atoms with Crippen LogP contribution in [0, 0.1) is 6.92 Å². The van der Waals surface area contributed by atoms with E-state index in [1.807, 2.05) is 24.4 Å². The third kappa shape index (κ3) is 3.64. The van der Waals surface area contributed by atoms with E-state index in [9.17, 15) is 4.79 Å². The zero-order valence-corrected chi connectivity index (χ0v) is 11.2. The summed E-state index contributed by atoms with van der Waals surface area (Å²) in [5.74, 6) is 0.0234. The lowest BCUT2D eigenvalue weighted by atomic mass is 10.3. The summed E-state index contributed by atoms with van der Waals surface area (Å²) < 4.78 is 0. The second-order valence-corrected chi connectivity index (χ2v) is 5.61. The van der Waals surface area contributed by atoms with E-state index >= 15 is 0 Å². The summed E-state index contributed by atoms with van der Waals surface area (Å²) >= 11 is 3.15. The summed E-state index contributed by atoms with van der Waals surface area (Å²) in [7, 11) is 0. The Balaban J connectivity index is 1.68. The Bertz CT molecular complexity index is 476. The van der Waals surface area contributed by atoms with E-state index in [2.05, 4.69) is 15.7 Å². The monoisotopic (exact) mass is 266 g/mol. The number of amides is 1. The number of nitrogens with zero attached hydrogens (tertiary/aromatic N) is 1. The van der Waals surface area contributed by atoms with Gasteiger partial charge in [0.1, 0.15) is 0 Å². The van der Waals surface area contributed by atoms with Gasteiger partial charge in [-0.1, -0.05) is 6.07 Å². The molecule has 2 aromatic rings. The van der Waals surface area contributed by atoms with Crippen molar-refractivity contribution in [2.45, 2.75) is 19.8 Å². The van der Waals surface area contributed by atoms with Crippen LogP contribution in [0.4, 0.5) is 0 Å². The van der Waals surface area contributed by atoms with Crippen molar-refractivity contribution >= 4 is 28.6 Å². The topological polar surface area (TPSA) is 42.0 Å². The van der Waals surface area contributed by atoms with Gasteiger partial charge in [0.05, 0.1) is 9.88 Å². The van der Waals surface area contributed by atoms with Crippen LogP contribution in [-0.4, -0.2) is 17.4 Å². The van der Waals surface area contributed by atoms with Gasteiger partial charge in [0.25, 0.3) is 5.91 Å². The van der Waals surface area contributed by atoms with E-state index in [1.54, 1.807) is 11.3 Å². The van der Waals surface area contributed by atoms with Crippen molar-refractivity contribution in [1.82, 2.24) is 10.3 Å². The van der Waals surface area contributed by atoms with Crippen molar-refractivity contribution < 1.29 is 4.79 Å². The minimum atomic E-state index is 0.0234. The average molecular weight is 266 g/mol. The zero-order valence-electron chi connectivity index (χ0n) is 9.60. The number of carbonyl (C=O) groups excluding carboxylic acids is 1. The highest BCUT2D eigenvalue weighted by molar-refractivity contribution is 7.12. The molecule has 0 aromatic carbocycles. The van der Waals surface area contributed by atoms with Crippen LogP contribution in [0.5, 0.6) is 0 Å². The molecular formula is C12H14N2OS2. The Kier molecular flexibility index (Phi) is 4.28. The van der Waals surface area contributed by atoms with Crippen LogP contribution in [0.1, 0.15) is 26.8 Å². The first kappa shape index (κ1) is 12.3. The van der Waals surface area contributed by atoms with Gasteiger partial charge >= 0.3 is 0 Å². The molecule has 0 aliphatic rings. The third-order valence-electron chi connectivity index (χ3n) is 2.26. The maximum atomic E-state index is 11.6. The second kappa shape index (κ2) is 5.93. The van der Waals surface area contributed by atoms with E-state index in [-0.39, 0.29) is 5.91 Å². The molecule has 1 amide bonds. The highest BCUT2D eigenvalue weighted by atomic mass is 32.1. The van der Waals surface area contributed by atoms with Crippen LogP contribution in [-0.2, 0) is 6.42 Å². The fourth-order valence-corrected chi connectivity index (χ4v) is 2.91. The predicted molar refractivity (Wildman–Crippen MR) is 71.8 cm³/mol. The Morgan fingerprint density at radius 1 is 1.47 bits per heavy atom. The highest BCUT2D eigenvalue weighted by Gasteiger charge is 2.05. The fraction of sp³-hybridized carbons (Fsp3) is 0.333. The summed E-state index contributed by atoms with van der Waals surface area (Å²) in [5.41, 5.74) is 1.08. The fourth-order valence-electron chi connectivity index (χ4n) is 1.45. The van der Waals surface area contributed by atoms with Gasteiger partial charge in [0.2, 0.25) is 0 Å². The maximum absolute atomic E-state index is 11.6. The van der Waals surface area contributed by atoms with Gasteiger partial charge in [0, 0.05) is 24.0 Å². The molecule has 2 aromatic heterocycles. The van der Waals surface area contributed by atoms with Crippen molar-refractivity contribution in [2.75, 3.05) is 6.54 Å². The van der Waals surface area contributed by atoms with Crippen LogP contribution >= 0.6 is 22.7 Å². The van der Waals surface area contributed by atoms with Crippen molar-refractivity contribution in [3.05, 3.63) is 38.5 Å². The number of carbonyl (C=O) groups is 1. The molecule has 0 saturated carbocycles. The van der Waals surface area contributed by atoms with Crippen molar-refractivity contribution in [3.63, 3.8) is 0 Å². The molecule has 0 bridgehead atoms. The number of hydrogen-bond acceptors (Lipinski definition) is 4. The Labute approximate surface area is 109 Å². The summed E-state index contributed by atoms with van der Waals surface area (Å²) in [6.45, 7) is 2.70. The SMILES string of the molecule is Cc1csc(CCCNC(=O)c2cccs2)n1. The lowest BCUT2D eigenvalue weighted by Gasteiger charge is -2.01. The molecule has 2 heterocycles. The van der Waals surface area contributed by atoms with Gasteiger partial charge in [-0.2, -0.15) is 0 Å². The quantitative estimate of drug-likeness (QED) is 0.846. The number of rotatable bonds is 5. The number of aryl methyl sites for hydroxylation is 2. The molecule has 0 unspecified atom stereocenters. The van der Waals surface area contributed by atoms with Crippen molar-refractivity contribution in [3.8, 4) is 0 Å². The van der Waals surface area contributed by atoms with Gasteiger partial charge in [-0.25, -0.2) is 4.98 Å². The molecule has 0 saturated heterocycles. The van der Waals surface area contributed by atoms with Gasteiger partial charge < -0.3 is 5.32 Å². The summed E-state index contributed by atoms with van der Waals surface area (Å²) in [6.07, 6.45) is 1.87. The number of hydrogen-bond donors (Lipinski definition) is 1. The molecule has 0 aliphatic carbocycles. The maximum Gasteiger partial charge on any atom is 0.261 e. The minimum Gasteiger partial charge on any atom is -0.351 e. The molecule has 0 spiro atoms. The van der Waals surface area contributed by atoms with Gasteiger partial charge in [-0.05, 0) is 24.8 Å². The van der Waals surface area contributed by atoms with E-state index < -0.39 is 0 Å². The largest absolute Gasteiger partial charge is 0.351 e. The van der Waals surface area contributed by atoms with Crippen LogP contribution < -0.4 is 5.32 Å². The molecule has 17 heavy (non-hydrogen) atoms. The van der Waals surface area contributed by atoms with Crippen LogP contribution in [0.3, 0.4) is 0 Å². The smallest absolute Gasteiger partial charge is 0.261 e. The molecule has 0 fully saturated rings. The molecule has 1 N–H and O–H groups in total. The van der Waals surface area contributed by atoms with Crippen LogP contribution in [0.25, 0.3) is 0 Å². The van der Waals surface area contributed by atoms with Gasteiger partial charge in [-0.15, -0.1) is 22.7 Å². The summed E-state index contributed by atoms with van der Waals surface area (Å²) in [4.78, 5) is 16.8. The first-order valence-electron chi connectivity index (χ1n) is 5.48. The number of nitrogens with one attached hydrogen (secondary N) is 1. The second-order valence-electron chi connectivity index (χ2n) is 3.72. The molecule has 0 atom stereocenters. The normalized spacial score (nSPS) is 10.4. The van der Waals surface area contributed by atoms with E-state index in [0.717, 1.165) is 28.4 Å². The molecule has 0 aliphatic heterocycles. The van der Waals surface area contributed by atoms with Crippen molar-refractivity contribution in [1.29, 1.82) is 0 Å². The molecule has 2 rings (SSSR count). The Hall–Kier alpha value is -1.20. The minimum absolute atomic E-state index is 0.0234. The highest BCUT2D eigenvalue weighted by Crippen LogP contribution is 2.11. The first-order valence-corrected chi connectivity index (χ1v) is 7.24. The van der Waals surface area contributed by atoms with Gasteiger partial charge in [-0.3, -0.25) is 4.79 Å². The average Bonchev–Trinajstić information content (AvgIpc) is 2.95. The summed E-state index contributed by atoms with van der Waals surface area (Å²) in [5, 5.41) is 8.02. The Morgan fingerprint density at radius 2 is 2.35 bits per heavy atom. The zero-order chi connectivity index (χ0) is 12.1. The first-order chi connectivity index (χ1) is 8.25. The van der Waals surface area contributed by atoms with E-state index in [0.29, 0.717) is 6.54 Å². The lowest BCUT2D eigenvalue weighted by molar-refractivity contribution is 0.0957. The van der Waals surface area contributed by atoms with E-state index in [1.165, 1.54) is 11.3 Å². The molecular weight excluding hydrogens is 252 g/mol. The van der Waals surface area contributed by atoms with Gasteiger partial charge in [0.15, 0.2) is 0 Å². The molecule has 0 radical (unpaired) electrons. The number of thiophene rings is 1. The lowest BCUT2D eigenvalue weighted by Crippen LogP contribution is -2.23. The standard InChI is InChI=1S/C12H14N2OS2/c1-9-8-17-11(14-9)5-2-6-13-12(15)10-4-3-7-16-10/h3-4,7-8H,2,5-6H2,1H3,(H,13,15). The van der Waals surface area contributed by atoms with Crippen molar-refractivity contribution in [2.24, 2.45) is 0 Å². The summed E-state index contributed by atoms with van der Waals surface area (Å²) in [6, 6.07) is 3.72. The predicted octanol–water partition coefficient (Wildman–Crippen LogP) is 2.88. The van der Waals surface area contributed by atoms with Crippen LogP contribution in [0.15, 0.2) is 22.9 Å². The number of aromatic nitrogens is 1.